The highest BCUT2D eigenvalue weighted by atomic mass is 16.2. The Kier molecular flexibility index (Phi) is 5.08. The molecule has 0 bridgehead atoms. The Balaban J connectivity index is 1.44. The van der Waals surface area contributed by atoms with Crippen LogP contribution in [0.2, 0.25) is 0 Å². The van der Waals surface area contributed by atoms with Crippen LogP contribution in [0, 0.1) is 12.8 Å². The molecule has 1 N–H and O–H groups in total. The second kappa shape index (κ2) is 7.69. The first-order chi connectivity index (χ1) is 14.0. The maximum absolute atomic E-state index is 12.8. The van der Waals surface area contributed by atoms with E-state index in [1.165, 1.54) is 0 Å². The number of rotatable bonds is 6. The van der Waals surface area contributed by atoms with Gasteiger partial charge in [0.2, 0.25) is 5.91 Å². The molecule has 1 aliphatic heterocycles. The smallest absolute Gasteiger partial charge is 0.274 e. The summed E-state index contributed by atoms with van der Waals surface area (Å²) in [7, 11) is 1.77. The molecule has 0 spiro atoms. The Morgan fingerprint density at radius 2 is 2.14 bits per heavy atom. The molecule has 2 aromatic heterocycles. The van der Waals surface area contributed by atoms with Gasteiger partial charge in [-0.15, -0.1) is 0 Å². The van der Waals surface area contributed by atoms with Crippen LogP contribution in [0.3, 0.4) is 0 Å². The number of hydrogen-bond donors (Lipinski definition) is 1. The number of aromatic nitrogens is 4. The van der Waals surface area contributed by atoms with Crippen molar-refractivity contribution in [3.8, 4) is 0 Å². The number of aromatic amines is 1. The molecule has 1 aliphatic rings. The average Bonchev–Trinajstić information content (AvgIpc) is 3.39. The molecular formula is C21H26N6O2. The molecule has 0 unspecified atom stereocenters. The highest BCUT2D eigenvalue weighted by molar-refractivity contribution is 5.92. The molecule has 0 aliphatic carbocycles. The van der Waals surface area contributed by atoms with Crippen molar-refractivity contribution in [2.24, 2.45) is 5.92 Å². The van der Waals surface area contributed by atoms with Gasteiger partial charge in [0.15, 0.2) is 0 Å². The fraction of sp³-hybridized carbons (Fsp3) is 0.429. The molecular weight excluding hydrogens is 368 g/mol. The number of hydrogen-bond acceptors (Lipinski definition) is 4. The summed E-state index contributed by atoms with van der Waals surface area (Å²) in [6, 6.07) is 9.78. The minimum Gasteiger partial charge on any atom is -0.343 e. The predicted octanol–water partition coefficient (Wildman–Crippen LogP) is 2.06. The van der Waals surface area contributed by atoms with E-state index in [1.54, 1.807) is 18.0 Å². The van der Waals surface area contributed by atoms with E-state index in [9.17, 15) is 9.59 Å². The van der Waals surface area contributed by atoms with Crippen molar-refractivity contribution in [2.45, 2.75) is 26.8 Å². The van der Waals surface area contributed by atoms with Gasteiger partial charge in [-0.05, 0) is 32.0 Å². The molecule has 1 fully saturated rings. The second-order valence-corrected chi connectivity index (χ2v) is 7.70. The van der Waals surface area contributed by atoms with Crippen LogP contribution in [-0.2, 0) is 11.3 Å². The van der Waals surface area contributed by atoms with E-state index in [1.807, 2.05) is 43.0 Å². The summed E-state index contributed by atoms with van der Waals surface area (Å²) < 4.78 is 2.10. The highest BCUT2D eigenvalue weighted by Crippen LogP contribution is 2.20. The number of fused-ring (bicyclic) bond motifs is 1. The van der Waals surface area contributed by atoms with Crippen molar-refractivity contribution in [3.63, 3.8) is 0 Å². The molecule has 0 saturated carbocycles. The van der Waals surface area contributed by atoms with Gasteiger partial charge in [-0.1, -0.05) is 12.1 Å². The first-order valence-corrected chi connectivity index (χ1v) is 9.95. The highest BCUT2D eigenvalue weighted by Gasteiger charge is 2.30. The molecule has 1 aromatic carbocycles. The third-order valence-electron chi connectivity index (χ3n) is 5.58. The van der Waals surface area contributed by atoms with Gasteiger partial charge < -0.3 is 14.4 Å². The molecule has 3 heterocycles. The quantitative estimate of drug-likeness (QED) is 0.693. The molecule has 29 heavy (non-hydrogen) atoms. The number of carbonyl (C=O) groups is 2. The van der Waals surface area contributed by atoms with Crippen molar-refractivity contribution in [2.75, 3.05) is 26.7 Å². The third kappa shape index (κ3) is 3.74. The van der Waals surface area contributed by atoms with E-state index in [0.717, 1.165) is 29.1 Å². The summed E-state index contributed by atoms with van der Waals surface area (Å²) in [5.74, 6) is 1.12. The third-order valence-corrected chi connectivity index (χ3v) is 5.58. The standard InChI is InChI=1S/C21H26N6O2/c1-4-26-12-15(9-20(26)28)11-25(3)21(29)18-10-16(23-24-18)13-27-14(2)22-17-7-5-6-8-19(17)27/h5-8,10,15H,4,9,11-13H2,1-3H3,(H,23,24)/t15-/m0/s1. The first kappa shape index (κ1) is 19.2. The van der Waals surface area contributed by atoms with E-state index in [0.29, 0.717) is 31.7 Å². The lowest BCUT2D eigenvalue weighted by Gasteiger charge is -2.20. The van der Waals surface area contributed by atoms with Gasteiger partial charge in [0.1, 0.15) is 11.5 Å². The maximum atomic E-state index is 12.8. The van der Waals surface area contributed by atoms with Gasteiger partial charge in [0.25, 0.3) is 5.91 Å². The number of nitrogens with one attached hydrogen (secondary N) is 1. The Morgan fingerprint density at radius 1 is 1.34 bits per heavy atom. The van der Waals surface area contributed by atoms with E-state index in [-0.39, 0.29) is 17.7 Å². The van der Waals surface area contributed by atoms with Crippen LogP contribution in [0.15, 0.2) is 30.3 Å². The van der Waals surface area contributed by atoms with Crippen LogP contribution in [0.4, 0.5) is 0 Å². The number of amides is 2. The zero-order valence-corrected chi connectivity index (χ0v) is 17.1. The topological polar surface area (TPSA) is 87.1 Å². The molecule has 1 atom stereocenters. The fourth-order valence-corrected chi connectivity index (χ4v) is 4.07. The van der Waals surface area contributed by atoms with Crippen molar-refractivity contribution < 1.29 is 9.59 Å². The van der Waals surface area contributed by atoms with Crippen molar-refractivity contribution in [1.82, 2.24) is 29.5 Å². The van der Waals surface area contributed by atoms with Crippen LogP contribution in [-0.4, -0.2) is 68.0 Å². The van der Waals surface area contributed by atoms with E-state index in [4.69, 9.17) is 0 Å². The number of carbonyl (C=O) groups excluding carboxylic acids is 2. The fourth-order valence-electron chi connectivity index (χ4n) is 4.07. The minimum atomic E-state index is -0.137. The van der Waals surface area contributed by atoms with Crippen LogP contribution in [0.5, 0.6) is 0 Å². The van der Waals surface area contributed by atoms with Gasteiger partial charge >= 0.3 is 0 Å². The van der Waals surface area contributed by atoms with Crippen LogP contribution < -0.4 is 0 Å². The SMILES string of the molecule is CCN1C[C@H](CN(C)C(=O)c2cc(Cn3c(C)nc4ccccc43)[nH]n2)CC1=O. The van der Waals surface area contributed by atoms with Gasteiger partial charge in [0, 0.05) is 39.0 Å². The number of nitrogens with zero attached hydrogens (tertiary/aromatic N) is 5. The molecule has 4 rings (SSSR count). The van der Waals surface area contributed by atoms with Crippen molar-refractivity contribution in [3.05, 3.63) is 47.5 Å². The van der Waals surface area contributed by atoms with Gasteiger partial charge in [-0.2, -0.15) is 5.10 Å². The summed E-state index contributed by atoms with van der Waals surface area (Å²) in [5.41, 5.74) is 3.24. The zero-order chi connectivity index (χ0) is 20.5. The van der Waals surface area contributed by atoms with Gasteiger partial charge in [0.05, 0.1) is 23.3 Å². The summed E-state index contributed by atoms with van der Waals surface area (Å²) in [4.78, 5) is 32.8. The lowest BCUT2D eigenvalue weighted by atomic mass is 10.1. The van der Waals surface area contributed by atoms with Crippen LogP contribution in [0.1, 0.15) is 35.4 Å². The van der Waals surface area contributed by atoms with Gasteiger partial charge in [-0.25, -0.2) is 4.98 Å². The summed E-state index contributed by atoms with van der Waals surface area (Å²) in [5, 5.41) is 7.20. The minimum absolute atomic E-state index is 0.137. The van der Waals surface area contributed by atoms with Gasteiger partial charge in [-0.3, -0.25) is 14.7 Å². The predicted molar refractivity (Wildman–Crippen MR) is 109 cm³/mol. The molecule has 8 heteroatoms. The molecule has 8 nitrogen and oxygen atoms in total. The van der Waals surface area contributed by atoms with Crippen LogP contribution >= 0.6 is 0 Å². The molecule has 3 aromatic rings. The second-order valence-electron chi connectivity index (χ2n) is 7.70. The number of benzene rings is 1. The molecule has 1 saturated heterocycles. The normalized spacial score (nSPS) is 16.7. The number of imidazole rings is 1. The summed E-state index contributed by atoms with van der Waals surface area (Å²) >= 11 is 0. The van der Waals surface area contributed by atoms with E-state index < -0.39 is 0 Å². The lowest BCUT2D eigenvalue weighted by Crippen LogP contribution is -2.33. The maximum Gasteiger partial charge on any atom is 0.274 e. The number of para-hydroxylation sites is 2. The Morgan fingerprint density at radius 3 is 2.90 bits per heavy atom. The number of aryl methyl sites for hydroxylation is 1. The molecule has 0 radical (unpaired) electrons. The largest absolute Gasteiger partial charge is 0.343 e. The van der Waals surface area contributed by atoms with Crippen molar-refractivity contribution >= 4 is 22.8 Å². The van der Waals surface area contributed by atoms with E-state index in [2.05, 4.69) is 19.7 Å². The Bertz CT molecular complexity index is 1050. The number of likely N-dealkylation sites (tertiary alicyclic amines) is 1. The molecule has 152 valence electrons. The Labute approximate surface area is 169 Å². The summed E-state index contributed by atoms with van der Waals surface area (Å²) in [6.07, 6.45) is 0.504. The molecule has 2 amide bonds. The Hall–Kier alpha value is -3.16. The number of H-pyrrole nitrogens is 1. The summed E-state index contributed by atoms with van der Waals surface area (Å²) in [6.45, 7) is 6.50. The average molecular weight is 394 g/mol. The zero-order valence-electron chi connectivity index (χ0n) is 17.1. The van der Waals surface area contributed by atoms with E-state index >= 15 is 0 Å². The van der Waals surface area contributed by atoms with Crippen molar-refractivity contribution in [1.29, 1.82) is 0 Å². The monoisotopic (exact) mass is 394 g/mol. The lowest BCUT2D eigenvalue weighted by molar-refractivity contribution is -0.127. The van der Waals surface area contributed by atoms with Crippen LogP contribution in [0.25, 0.3) is 11.0 Å². The first-order valence-electron chi connectivity index (χ1n) is 9.95.